The van der Waals surface area contributed by atoms with Crippen LogP contribution in [0.3, 0.4) is 0 Å². The van der Waals surface area contributed by atoms with Crippen LogP contribution < -0.4 is 9.64 Å². The normalized spacial score (nSPS) is 17.1. The smallest absolute Gasteiger partial charge is 0.283 e. The summed E-state index contributed by atoms with van der Waals surface area (Å²) in [4.78, 5) is 12.2. The molecule has 0 saturated carbocycles. The standard InChI is InChI=1S/C13H20F2N4O2/c1-10-7-11(21-2)17-12(16-10)19-5-3-18(4-6-19)8-13(14,15)9-20/h7,20H,3-6,8-9H2,1-2H3. The van der Waals surface area contributed by atoms with Crippen LogP contribution in [-0.2, 0) is 0 Å². The highest BCUT2D eigenvalue weighted by molar-refractivity contribution is 5.35. The molecule has 21 heavy (non-hydrogen) atoms. The first kappa shape index (κ1) is 15.8. The van der Waals surface area contributed by atoms with Gasteiger partial charge in [0.2, 0.25) is 11.8 Å². The Morgan fingerprint density at radius 1 is 1.29 bits per heavy atom. The van der Waals surface area contributed by atoms with Gasteiger partial charge in [0, 0.05) is 37.9 Å². The zero-order valence-electron chi connectivity index (χ0n) is 12.2. The molecule has 1 N–H and O–H groups in total. The van der Waals surface area contributed by atoms with Crippen LogP contribution in [0.25, 0.3) is 0 Å². The van der Waals surface area contributed by atoms with Crippen LogP contribution in [0.4, 0.5) is 14.7 Å². The third-order valence-electron chi connectivity index (χ3n) is 3.37. The van der Waals surface area contributed by atoms with Gasteiger partial charge < -0.3 is 14.7 Å². The van der Waals surface area contributed by atoms with Gasteiger partial charge in [0.15, 0.2) is 0 Å². The summed E-state index contributed by atoms with van der Waals surface area (Å²) < 4.78 is 31.4. The summed E-state index contributed by atoms with van der Waals surface area (Å²) in [6.45, 7) is 2.40. The van der Waals surface area contributed by atoms with Gasteiger partial charge in [0.05, 0.1) is 13.7 Å². The molecule has 0 unspecified atom stereocenters. The van der Waals surface area contributed by atoms with Crippen molar-refractivity contribution in [2.45, 2.75) is 12.8 Å². The number of ether oxygens (including phenoxy) is 1. The van der Waals surface area contributed by atoms with E-state index < -0.39 is 19.1 Å². The van der Waals surface area contributed by atoms with Crippen LogP contribution >= 0.6 is 0 Å². The van der Waals surface area contributed by atoms with Crippen molar-refractivity contribution < 1.29 is 18.6 Å². The zero-order chi connectivity index (χ0) is 15.5. The molecule has 1 aromatic rings. The van der Waals surface area contributed by atoms with Crippen LogP contribution in [0.2, 0.25) is 0 Å². The number of anilines is 1. The van der Waals surface area contributed by atoms with E-state index in [-0.39, 0.29) is 0 Å². The van der Waals surface area contributed by atoms with Crippen molar-refractivity contribution in [2.75, 3.05) is 51.3 Å². The quantitative estimate of drug-likeness (QED) is 0.857. The summed E-state index contributed by atoms with van der Waals surface area (Å²) in [5, 5.41) is 8.62. The molecule has 118 valence electrons. The Labute approximate surface area is 122 Å². The van der Waals surface area contributed by atoms with Crippen molar-refractivity contribution in [3.8, 4) is 5.88 Å². The summed E-state index contributed by atoms with van der Waals surface area (Å²) in [6.07, 6.45) is 0. The number of aliphatic hydroxyl groups excluding tert-OH is 1. The Kier molecular flexibility index (Phi) is 4.89. The fourth-order valence-corrected chi connectivity index (χ4v) is 2.25. The highest BCUT2D eigenvalue weighted by Crippen LogP contribution is 2.19. The molecule has 1 aromatic heterocycles. The van der Waals surface area contributed by atoms with Gasteiger partial charge in [-0.1, -0.05) is 0 Å². The lowest BCUT2D eigenvalue weighted by Crippen LogP contribution is -2.51. The fraction of sp³-hybridized carbons (Fsp3) is 0.692. The highest BCUT2D eigenvalue weighted by atomic mass is 19.3. The molecule has 1 aliphatic heterocycles. The molecule has 1 fully saturated rings. The first-order valence-corrected chi connectivity index (χ1v) is 6.79. The second-order valence-electron chi connectivity index (χ2n) is 5.13. The lowest BCUT2D eigenvalue weighted by Gasteiger charge is -2.36. The van der Waals surface area contributed by atoms with E-state index in [1.807, 2.05) is 11.8 Å². The fourth-order valence-electron chi connectivity index (χ4n) is 2.25. The number of aliphatic hydroxyl groups is 1. The van der Waals surface area contributed by atoms with Crippen LogP contribution in [0, 0.1) is 6.92 Å². The molecule has 2 rings (SSSR count). The summed E-state index contributed by atoms with van der Waals surface area (Å²) in [5.41, 5.74) is 0.797. The Morgan fingerprint density at radius 3 is 2.52 bits per heavy atom. The number of aromatic nitrogens is 2. The van der Waals surface area contributed by atoms with Crippen LogP contribution in [-0.4, -0.2) is 72.3 Å². The zero-order valence-corrected chi connectivity index (χ0v) is 12.2. The molecule has 0 bridgehead atoms. The number of methoxy groups -OCH3 is 1. The van der Waals surface area contributed by atoms with E-state index in [1.165, 1.54) is 0 Å². The molecule has 0 radical (unpaired) electrons. The molecule has 0 aromatic carbocycles. The number of alkyl halides is 2. The number of hydrogen-bond acceptors (Lipinski definition) is 6. The Balaban J connectivity index is 1.96. The Bertz CT molecular complexity index is 479. The van der Waals surface area contributed by atoms with Gasteiger partial charge in [0.1, 0.15) is 6.61 Å². The first-order chi connectivity index (χ1) is 9.93. The number of rotatable bonds is 5. The van der Waals surface area contributed by atoms with E-state index >= 15 is 0 Å². The molecule has 0 amide bonds. The predicted octanol–water partition coefficient (Wildman–Crippen LogP) is 0.543. The van der Waals surface area contributed by atoms with Gasteiger partial charge in [-0.2, -0.15) is 4.98 Å². The molecule has 1 aliphatic rings. The lowest BCUT2D eigenvalue weighted by atomic mass is 10.2. The van der Waals surface area contributed by atoms with Gasteiger partial charge in [-0.05, 0) is 6.92 Å². The third-order valence-corrected chi connectivity index (χ3v) is 3.37. The average Bonchev–Trinajstić information content (AvgIpc) is 2.47. The van der Waals surface area contributed by atoms with E-state index in [0.717, 1.165) is 5.69 Å². The summed E-state index contributed by atoms with van der Waals surface area (Å²) in [7, 11) is 1.54. The molecule has 2 heterocycles. The van der Waals surface area contributed by atoms with Crippen molar-refractivity contribution in [1.29, 1.82) is 0 Å². The molecule has 8 heteroatoms. The molecule has 0 atom stereocenters. The maximum absolute atomic E-state index is 13.2. The monoisotopic (exact) mass is 302 g/mol. The van der Waals surface area contributed by atoms with Gasteiger partial charge in [-0.15, -0.1) is 0 Å². The molecule has 6 nitrogen and oxygen atoms in total. The maximum atomic E-state index is 13.2. The Hall–Kier alpha value is -1.54. The number of hydrogen-bond donors (Lipinski definition) is 1. The van der Waals surface area contributed by atoms with Crippen molar-refractivity contribution >= 4 is 5.95 Å². The molecule has 1 saturated heterocycles. The number of piperazine rings is 1. The van der Waals surface area contributed by atoms with E-state index in [0.29, 0.717) is 38.0 Å². The topological polar surface area (TPSA) is 61.7 Å². The second kappa shape index (κ2) is 6.48. The van der Waals surface area contributed by atoms with Gasteiger partial charge >= 0.3 is 0 Å². The predicted molar refractivity (Wildman–Crippen MR) is 74.0 cm³/mol. The van der Waals surface area contributed by atoms with Crippen molar-refractivity contribution in [3.63, 3.8) is 0 Å². The largest absolute Gasteiger partial charge is 0.481 e. The van der Waals surface area contributed by atoms with Gasteiger partial charge in [0.25, 0.3) is 5.92 Å². The van der Waals surface area contributed by atoms with Crippen LogP contribution in [0.15, 0.2) is 6.07 Å². The summed E-state index contributed by atoms with van der Waals surface area (Å²) in [6, 6.07) is 1.74. The van der Waals surface area contributed by atoms with Crippen molar-refractivity contribution in [3.05, 3.63) is 11.8 Å². The van der Waals surface area contributed by atoms with Crippen molar-refractivity contribution in [1.82, 2.24) is 14.9 Å². The minimum atomic E-state index is -3.05. The molecular weight excluding hydrogens is 282 g/mol. The number of halogens is 2. The third kappa shape index (κ3) is 4.21. The SMILES string of the molecule is COc1cc(C)nc(N2CCN(CC(F)(F)CO)CC2)n1. The van der Waals surface area contributed by atoms with Gasteiger partial charge in [-0.3, -0.25) is 4.90 Å². The highest BCUT2D eigenvalue weighted by Gasteiger charge is 2.32. The van der Waals surface area contributed by atoms with E-state index in [4.69, 9.17) is 9.84 Å². The van der Waals surface area contributed by atoms with Gasteiger partial charge in [-0.25, -0.2) is 13.8 Å². The second-order valence-corrected chi connectivity index (χ2v) is 5.13. The van der Waals surface area contributed by atoms with Crippen LogP contribution in [0.5, 0.6) is 5.88 Å². The Morgan fingerprint density at radius 2 is 1.95 bits per heavy atom. The molecular formula is C13H20F2N4O2. The van der Waals surface area contributed by atoms with E-state index in [9.17, 15) is 8.78 Å². The summed E-state index contributed by atoms with van der Waals surface area (Å²) >= 11 is 0. The van der Waals surface area contributed by atoms with E-state index in [1.54, 1.807) is 18.1 Å². The lowest BCUT2D eigenvalue weighted by molar-refractivity contribution is -0.0733. The van der Waals surface area contributed by atoms with Crippen LogP contribution in [0.1, 0.15) is 5.69 Å². The maximum Gasteiger partial charge on any atom is 0.283 e. The summed E-state index contributed by atoms with van der Waals surface area (Å²) in [5.74, 6) is -2.00. The average molecular weight is 302 g/mol. The number of nitrogens with zero attached hydrogens (tertiary/aromatic N) is 4. The number of aryl methyl sites for hydroxylation is 1. The first-order valence-electron chi connectivity index (χ1n) is 6.79. The van der Waals surface area contributed by atoms with E-state index in [2.05, 4.69) is 9.97 Å². The van der Waals surface area contributed by atoms with Crippen molar-refractivity contribution in [2.24, 2.45) is 0 Å². The molecule has 0 aliphatic carbocycles. The molecule has 0 spiro atoms. The minimum Gasteiger partial charge on any atom is -0.481 e. The minimum absolute atomic E-state index is 0.421.